The molecule has 8 nitrogen and oxygen atoms in total. The van der Waals surface area contributed by atoms with Crippen LogP contribution in [0.3, 0.4) is 0 Å². The van der Waals surface area contributed by atoms with Crippen molar-refractivity contribution < 1.29 is 32.6 Å². The van der Waals surface area contributed by atoms with Crippen molar-refractivity contribution in [2.45, 2.75) is 30.5 Å². The van der Waals surface area contributed by atoms with Gasteiger partial charge in [0.1, 0.15) is 5.75 Å². The summed E-state index contributed by atoms with van der Waals surface area (Å²) in [5.41, 5.74) is 6.91. The third kappa shape index (κ3) is 4.88. The van der Waals surface area contributed by atoms with Gasteiger partial charge in [-0.15, -0.1) is 0 Å². The summed E-state index contributed by atoms with van der Waals surface area (Å²) in [6.07, 6.45) is -4.28. The Morgan fingerprint density at radius 3 is 2.45 bits per heavy atom. The van der Waals surface area contributed by atoms with Gasteiger partial charge in [-0.3, -0.25) is 9.89 Å². The van der Waals surface area contributed by atoms with Gasteiger partial charge < -0.3 is 20.1 Å². The monoisotopic (exact) mass is 552 g/mol. The molecule has 2 unspecified atom stereocenters. The molecule has 1 aliphatic heterocycles. The largest absolute Gasteiger partial charge is 0.497 e. The highest BCUT2D eigenvalue weighted by molar-refractivity contribution is 6.10. The topological polar surface area (TPSA) is 108 Å². The molecule has 40 heavy (non-hydrogen) atoms. The first-order valence-electron chi connectivity index (χ1n) is 12.5. The lowest BCUT2D eigenvalue weighted by molar-refractivity contribution is -0.192. The van der Waals surface area contributed by atoms with Crippen molar-refractivity contribution >= 4 is 28.5 Å². The molecule has 1 aliphatic carbocycles. The average Bonchev–Trinajstić information content (AvgIpc) is 3.43. The van der Waals surface area contributed by atoms with E-state index < -0.39 is 17.6 Å². The SMILES string of the molecule is COc1ccc2c(c1)C1(CC1c1ccc3c(-c4ccc(CN(C)C)cc4)n[nH]c3c1)C(=O)N2.O=C(O)C(F)(F)F. The fourth-order valence-electron chi connectivity index (χ4n) is 5.31. The number of aliphatic carboxylic acids is 1. The number of ether oxygens (including phenoxy) is 1. The molecule has 0 radical (unpaired) electrons. The number of methoxy groups -OCH3 is 1. The van der Waals surface area contributed by atoms with Gasteiger partial charge >= 0.3 is 12.1 Å². The number of carboxylic acids is 1. The van der Waals surface area contributed by atoms with Gasteiger partial charge in [0.2, 0.25) is 5.91 Å². The Kier molecular flexibility index (Phi) is 6.79. The number of nitrogens with one attached hydrogen (secondary N) is 2. The molecule has 1 spiro atoms. The Morgan fingerprint density at radius 2 is 1.82 bits per heavy atom. The molecule has 1 fully saturated rings. The van der Waals surface area contributed by atoms with Crippen LogP contribution in [0, 0.1) is 0 Å². The minimum atomic E-state index is -5.08. The lowest BCUT2D eigenvalue weighted by Crippen LogP contribution is -2.21. The molecule has 1 aromatic heterocycles. The maximum absolute atomic E-state index is 13.0. The van der Waals surface area contributed by atoms with Gasteiger partial charge in [0.25, 0.3) is 0 Å². The van der Waals surface area contributed by atoms with Gasteiger partial charge in [-0.25, -0.2) is 4.79 Å². The number of carbonyl (C=O) groups is 2. The molecule has 2 aliphatic rings. The van der Waals surface area contributed by atoms with Crippen molar-refractivity contribution in [3.8, 4) is 17.0 Å². The van der Waals surface area contributed by atoms with Gasteiger partial charge in [-0.05, 0) is 61.5 Å². The number of amides is 1. The summed E-state index contributed by atoms with van der Waals surface area (Å²) in [4.78, 5) is 24.0. The molecule has 2 atom stereocenters. The first kappa shape index (κ1) is 27.2. The molecule has 1 amide bonds. The van der Waals surface area contributed by atoms with Crippen LogP contribution < -0.4 is 10.1 Å². The molecule has 0 bridgehead atoms. The second-order valence-corrected chi connectivity index (χ2v) is 10.2. The number of anilines is 1. The highest BCUT2D eigenvalue weighted by Crippen LogP contribution is 2.65. The summed E-state index contributed by atoms with van der Waals surface area (Å²) in [6.45, 7) is 0.913. The van der Waals surface area contributed by atoms with E-state index in [4.69, 9.17) is 14.6 Å². The molecule has 4 aromatic rings. The molecule has 2 heterocycles. The number of alkyl halides is 3. The molecular weight excluding hydrogens is 525 g/mol. The number of rotatable bonds is 5. The summed E-state index contributed by atoms with van der Waals surface area (Å²) in [5.74, 6) is -1.75. The number of nitrogens with zero attached hydrogens (tertiary/aromatic N) is 2. The summed E-state index contributed by atoms with van der Waals surface area (Å²) in [5, 5.41) is 19.1. The van der Waals surface area contributed by atoms with Crippen molar-refractivity contribution in [3.05, 3.63) is 77.4 Å². The predicted octanol–water partition coefficient (Wildman–Crippen LogP) is 5.31. The first-order chi connectivity index (χ1) is 18.9. The van der Waals surface area contributed by atoms with Crippen LogP contribution in [0.15, 0.2) is 60.7 Å². The van der Waals surface area contributed by atoms with Gasteiger partial charge in [0.15, 0.2) is 0 Å². The van der Waals surface area contributed by atoms with Crippen LogP contribution in [0.2, 0.25) is 0 Å². The molecule has 208 valence electrons. The molecule has 0 saturated heterocycles. The maximum atomic E-state index is 13.0. The zero-order valence-electron chi connectivity index (χ0n) is 22.0. The molecule has 3 N–H and O–H groups in total. The summed E-state index contributed by atoms with van der Waals surface area (Å²) in [7, 11) is 5.80. The number of aromatic amines is 1. The summed E-state index contributed by atoms with van der Waals surface area (Å²) in [6, 6.07) is 20.8. The zero-order valence-corrected chi connectivity index (χ0v) is 22.0. The summed E-state index contributed by atoms with van der Waals surface area (Å²) >= 11 is 0. The minimum Gasteiger partial charge on any atom is -0.497 e. The Hall–Kier alpha value is -4.38. The van der Waals surface area contributed by atoms with Gasteiger partial charge in [0.05, 0.1) is 23.7 Å². The van der Waals surface area contributed by atoms with Crippen LogP contribution >= 0.6 is 0 Å². The third-order valence-corrected chi connectivity index (χ3v) is 7.28. The van der Waals surface area contributed by atoms with Crippen molar-refractivity contribution in [1.82, 2.24) is 15.1 Å². The second kappa shape index (κ2) is 9.98. The van der Waals surface area contributed by atoms with E-state index in [2.05, 4.69) is 77.0 Å². The number of aromatic nitrogens is 2. The molecular formula is C29H27F3N4O4. The van der Waals surface area contributed by atoms with E-state index in [1.165, 1.54) is 5.56 Å². The smallest absolute Gasteiger partial charge is 0.490 e. The van der Waals surface area contributed by atoms with Crippen LogP contribution in [0.5, 0.6) is 5.75 Å². The Morgan fingerprint density at radius 1 is 1.12 bits per heavy atom. The fourth-order valence-corrected chi connectivity index (χ4v) is 5.31. The van der Waals surface area contributed by atoms with E-state index in [1.807, 2.05) is 18.2 Å². The zero-order chi connectivity index (χ0) is 28.8. The highest BCUT2D eigenvalue weighted by Gasteiger charge is 2.65. The van der Waals surface area contributed by atoms with Gasteiger partial charge in [0, 0.05) is 29.1 Å². The number of benzene rings is 3. The third-order valence-electron chi connectivity index (χ3n) is 7.28. The minimum absolute atomic E-state index is 0.0824. The van der Waals surface area contributed by atoms with Crippen molar-refractivity contribution in [2.75, 3.05) is 26.5 Å². The van der Waals surface area contributed by atoms with E-state index in [1.54, 1.807) is 7.11 Å². The van der Waals surface area contributed by atoms with Crippen LogP contribution in [-0.2, 0) is 21.5 Å². The lowest BCUT2D eigenvalue weighted by Gasteiger charge is -2.10. The van der Waals surface area contributed by atoms with Crippen molar-refractivity contribution in [2.24, 2.45) is 0 Å². The number of fused-ring (bicyclic) bond motifs is 3. The Labute approximate surface area is 227 Å². The van der Waals surface area contributed by atoms with Gasteiger partial charge in [-0.2, -0.15) is 18.3 Å². The number of halogens is 3. The van der Waals surface area contributed by atoms with Gasteiger partial charge in [-0.1, -0.05) is 36.4 Å². The first-order valence-corrected chi connectivity index (χ1v) is 12.5. The molecule has 1 saturated carbocycles. The predicted molar refractivity (Wildman–Crippen MR) is 143 cm³/mol. The standard InChI is InChI=1S/C27H26N4O2.C2HF3O2/c1-31(2)15-16-4-6-17(7-5-16)25-20-10-8-18(12-24(20)29-30-25)22-14-27(22)21-13-19(33-3)9-11-23(21)28-26(27)32;3-2(4,5)1(6)7/h4-13,22H,14-15H2,1-3H3,(H,28,32)(H,29,30);(H,6,7). The number of carbonyl (C=O) groups excluding carboxylic acids is 1. The van der Waals surface area contributed by atoms with Crippen molar-refractivity contribution in [1.29, 1.82) is 0 Å². The van der Waals surface area contributed by atoms with Crippen LogP contribution in [-0.4, -0.2) is 59.5 Å². The Balaban J connectivity index is 0.000000411. The Bertz CT molecular complexity index is 1600. The number of hydrogen-bond acceptors (Lipinski definition) is 5. The van der Waals surface area contributed by atoms with E-state index in [9.17, 15) is 18.0 Å². The maximum Gasteiger partial charge on any atom is 0.490 e. The normalized spacial score (nSPS) is 19.3. The summed E-state index contributed by atoms with van der Waals surface area (Å²) < 4.78 is 37.1. The van der Waals surface area contributed by atoms with E-state index >= 15 is 0 Å². The van der Waals surface area contributed by atoms with Crippen molar-refractivity contribution in [3.63, 3.8) is 0 Å². The molecule has 11 heteroatoms. The molecule has 6 rings (SSSR count). The second-order valence-electron chi connectivity index (χ2n) is 10.2. The lowest BCUT2D eigenvalue weighted by atomic mass is 9.91. The van der Waals surface area contributed by atoms with E-state index in [0.717, 1.165) is 57.7 Å². The number of carboxylic acid groups (broad SMARTS) is 1. The fraction of sp³-hybridized carbons (Fsp3) is 0.276. The van der Waals surface area contributed by atoms with Crippen LogP contribution in [0.4, 0.5) is 18.9 Å². The number of H-pyrrole nitrogens is 1. The quantitative estimate of drug-likeness (QED) is 0.310. The average molecular weight is 553 g/mol. The number of hydrogen-bond donors (Lipinski definition) is 3. The van der Waals surface area contributed by atoms with E-state index in [-0.39, 0.29) is 11.8 Å². The molecule has 3 aromatic carbocycles. The van der Waals surface area contributed by atoms with Crippen LogP contribution in [0.1, 0.15) is 29.0 Å². The van der Waals surface area contributed by atoms with Crippen LogP contribution in [0.25, 0.3) is 22.2 Å². The van der Waals surface area contributed by atoms with E-state index in [0.29, 0.717) is 0 Å². The highest BCUT2D eigenvalue weighted by atomic mass is 19.4.